The first-order chi connectivity index (χ1) is 10.8. The third-order valence-corrected chi connectivity index (χ3v) is 4.18. The normalized spacial score (nSPS) is 23.7. The number of rotatable bonds is 6. The van der Waals surface area contributed by atoms with Gasteiger partial charge in [-0.2, -0.15) is 0 Å². The highest BCUT2D eigenvalue weighted by Gasteiger charge is 2.18. The number of benzene rings is 1. The summed E-state index contributed by atoms with van der Waals surface area (Å²) in [5, 5.41) is 0. The molecule has 4 heteroatoms. The van der Waals surface area contributed by atoms with Crippen LogP contribution in [0.1, 0.15) is 37.8 Å². The molecule has 2 unspecified atom stereocenters. The molecule has 2 aliphatic rings. The van der Waals surface area contributed by atoms with Gasteiger partial charge in [0.25, 0.3) is 0 Å². The van der Waals surface area contributed by atoms with Crippen molar-refractivity contribution in [2.45, 2.75) is 51.6 Å². The molecule has 0 N–H and O–H groups in total. The third-order valence-electron chi connectivity index (χ3n) is 4.18. The molecule has 0 spiro atoms. The van der Waals surface area contributed by atoms with Crippen LogP contribution in [0.3, 0.4) is 0 Å². The summed E-state index contributed by atoms with van der Waals surface area (Å²) in [6.07, 6.45) is 3.63. The van der Waals surface area contributed by atoms with E-state index in [1.54, 1.807) is 0 Å². The van der Waals surface area contributed by atoms with Crippen molar-refractivity contribution in [1.82, 2.24) is 0 Å². The Morgan fingerprint density at radius 1 is 0.909 bits per heavy atom. The molecular weight excluding hydrogens is 276 g/mol. The molecule has 0 radical (unpaired) electrons. The van der Waals surface area contributed by atoms with Crippen molar-refractivity contribution >= 4 is 11.8 Å². The average Bonchev–Trinajstić information content (AvgIpc) is 3.16. The maximum absolute atomic E-state index is 5.66. The summed E-state index contributed by atoms with van der Waals surface area (Å²) in [6.45, 7) is 5.75. The Kier molecular flexibility index (Phi) is 4.76. The number of ether oxygens (including phenoxy) is 2. The molecule has 4 nitrogen and oxygen atoms in total. The van der Waals surface area contributed by atoms with Crippen LogP contribution in [0.2, 0.25) is 0 Å². The smallest absolute Gasteiger partial charge is 0.188 e. The van der Waals surface area contributed by atoms with Gasteiger partial charge in [-0.15, -0.1) is 0 Å². The van der Waals surface area contributed by atoms with E-state index in [-0.39, 0.29) is 0 Å². The van der Waals surface area contributed by atoms with Crippen LogP contribution in [0.4, 0.5) is 0 Å². The van der Waals surface area contributed by atoms with Crippen LogP contribution < -0.4 is 0 Å². The first-order valence-corrected chi connectivity index (χ1v) is 8.23. The Balaban J connectivity index is 1.63. The molecule has 0 bridgehead atoms. The summed E-state index contributed by atoms with van der Waals surface area (Å²) in [5.74, 6) is 1.73. The predicted octanol–water partition coefficient (Wildman–Crippen LogP) is 3.19. The first kappa shape index (κ1) is 15.1. The van der Waals surface area contributed by atoms with Gasteiger partial charge in [-0.3, -0.25) is 0 Å². The maximum Gasteiger partial charge on any atom is 0.188 e. The van der Waals surface area contributed by atoms with E-state index in [1.807, 2.05) is 0 Å². The lowest BCUT2D eigenvalue weighted by atomic mass is 10.1. The van der Waals surface area contributed by atoms with Gasteiger partial charge < -0.3 is 9.47 Å². The molecule has 0 amide bonds. The van der Waals surface area contributed by atoms with Gasteiger partial charge in [0.1, 0.15) is 13.2 Å². The predicted molar refractivity (Wildman–Crippen MR) is 88.8 cm³/mol. The highest BCUT2D eigenvalue weighted by molar-refractivity contribution is 5.81. The monoisotopic (exact) mass is 300 g/mol. The Morgan fingerprint density at radius 3 is 1.82 bits per heavy atom. The molecule has 0 saturated carbocycles. The van der Waals surface area contributed by atoms with E-state index in [9.17, 15) is 0 Å². The molecular formula is C18H24N2O2. The summed E-state index contributed by atoms with van der Waals surface area (Å²) in [5.41, 5.74) is 2.47. The number of aliphatic imine (C=N–C) groups is 2. The zero-order valence-corrected chi connectivity index (χ0v) is 13.4. The molecule has 0 aromatic heterocycles. The van der Waals surface area contributed by atoms with Gasteiger partial charge in [-0.05, 0) is 24.0 Å². The van der Waals surface area contributed by atoms with Crippen molar-refractivity contribution in [1.29, 1.82) is 0 Å². The van der Waals surface area contributed by atoms with Gasteiger partial charge in [-0.1, -0.05) is 38.1 Å². The third kappa shape index (κ3) is 3.67. The highest BCUT2D eigenvalue weighted by Crippen LogP contribution is 2.16. The molecule has 1 aromatic carbocycles. The number of hydrogen-bond acceptors (Lipinski definition) is 4. The summed E-state index contributed by atoms with van der Waals surface area (Å²) in [7, 11) is 0. The second-order valence-electron chi connectivity index (χ2n) is 5.97. The van der Waals surface area contributed by atoms with Gasteiger partial charge >= 0.3 is 0 Å². The number of nitrogens with zero attached hydrogens (tertiary/aromatic N) is 2. The molecule has 2 aliphatic heterocycles. The van der Waals surface area contributed by atoms with Crippen molar-refractivity contribution in [2.24, 2.45) is 9.98 Å². The van der Waals surface area contributed by atoms with E-state index < -0.39 is 0 Å². The van der Waals surface area contributed by atoms with Crippen LogP contribution in [0.15, 0.2) is 34.3 Å². The average molecular weight is 300 g/mol. The zero-order valence-electron chi connectivity index (χ0n) is 13.4. The Hall–Kier alpha value is -1.84. The van der Waals surface area contributed by atoms with E-state index >= 15 is 0 Å². The van der Waals surface area contributed by atoms with Gasteiger partial charge in [0, 0.05) is 12.8 Å². The second kappa shape index (κ2) is 6.95. The van der Waals surface area contributed by atoms with E-state index in [0.717, 1.165) is 50.7 Å². The zero-order chi connectivity index (χ0) is 15.4. The van der Waals surface area contributed by atoms with Gasteiger partial charge in [0.05, 0.1) is 12.1 Å². The minimum atomic E-state index is 0.338. The maximum atomic E-state index is 5.66. The van der Waals surface area contributed by atoms with Crippen molar-refractivity contribution in [3.63, 3.8) is 0 Å². The Bertz CT molecular complexity index is 533. The van der Waals surface area contributed by atoms with E-state index in [4.69, 9.17) is 9.47 Å². The summed E-state index contributed by atoms with van der Waals surface area (Å²) >= 11 is 0. The fourth-order valence-corrected chi connectivity index (χ4v) is 2.75. The fourth-order valence-electron chi connectivity index (χ4n) is 2.75. The van der Waals surface area contributed by atoms with Crippen molar-refractivity contribution in [3.05, 3.63) is 35.4 Å². The molecule has 3 rings (SSSR count). The molecule has 2 atom stereocenters. The molecule has 2 heterocycles. The molecule has 0 aliphatic carbocycles. The van der Waals surface area contributed by atoms with Crippen LogP contribution in [0, 0.1) is 0 Å². The van der Waals surface area contributed by atoms with Crippen LogP contribution in [0.5, 0.6) is 0 Å². The topological polar surface area (TPSA) is 43.2 Å². The van der Waals surface area contributed by atoms with E-state index in [1.165, 1.54) is 11.1 Å². The Labute approximate surface area is 132 Å². The van der Waals surface area contributed by atoms with Crippen LogP contribution in [-0.4, -0.2) is 37.1 Å². The minimum absolute atomic E-state index is 0.338. The van der Waals surface area contributed by atoms with Crippen molar-refractivity contribution in [3.8, 4) is 0 Å². The lowest BCUT2D eigenvalue weighted by molar-refractivity contribution is 0.309. The van der Waals surface area contributed by atoms with Crippen LogP contribution in [0.25, 0.3) is 0 Å². The Morgan fingerprint density at radius 2 is 1.41 bits per heavy atom. The largest absolute Gasteiger partial charge is 0.478 e. The molecule has 0 fully saturated rings. The van der Waals surface area contributed by atoms with Crippen molar-refractivity contribution < 1.29 is 9.47 Å². The standard InChI is InChI=1S/C18H24N2O2/c1-3-15-11-21-17(19-15)9-13-6-5-7-14(8-13)10-18-20-16(4-2)12-22-18/h5-8,15-16H,3-4,9-12H2,1-2H3. The SMILES string of the molecule is CCC1COC(Cc2cccc(CC3=NC(CC)CO3)c2)=N1. The van der Waals surface area contributed by atoms with Gasteiger partial charge in [0.2, 0.25) is 0 Å². The first-order valence-electron chi connectivity index (χ1n) is 8.23. The summed E-state index contributed by atoms with van der Waals surface area (Å²) in [6, 6.07) is 9.22. The summed E-state index contributed by atoms with van der Waals surface area (Å²) in [4.78, 5) is 9.20. The van der Waals surface area contributed by atoms with Crippen LogP contribution in [-0.2, 0) is 22.3 Å². The highest BCUT2D eigenvalue weighted by atomic mass is 16.5. The van der Waals surface area contributed by atoms with Gasteiger partial charge in [-0.25, -0.2) is 9.98 Å². The molecule has 118 valence electrons. The lowest BCUT2D eigenvalue weighted by Gasteiger charge is -2.06. The lowest BCUT2D eigenvalue weighted by Crippen LogP contribution is -2.06. The van der Waals surface area contributed by atoms with Gasteiger partial charge in [0.15, 0.2) is 11.8 Å². The minimum Gasteiger partial charge on any atom is -0.478 e. The summed E-state index contributed by atoms with van der Waals surface area (Å²) < 4.78 is 11.3. The molecule has 0 saturated heterocycles. The van der Waals surface area contributed by atoms with E-state index in [2.05, 4.69) is 48.1 Å². The quantitative estimate of drug-likeness (QED) is 0.810. The van der Waals surface area contributed by atoms with Crippen molar-refractivity contribution in [2.75, 3.05) is 13.2 Å². The van der Waals surface area contributed by atoms with Crippen LogP contribution >= 0.6 is 0 Å². The number of hydrogen-bond donors (Lipinski definition) is 0. The fraction of sp³-hybridized carbons (Fsp3) is 0.556. The second-order valence-corrected chi connectivity index (χ2v) is 5.97. The molecule has 1 aromatic rings. The molecule has 22 heavy (non-hydrogen) atoms. The van der Waals surface area contributed by atoms with E-state index in [0.29, 0.717) is 12.1 Å².